The summed E-state index contributed by atoms with van der Waals surface area (Å²) in [5, 5.41) is 7.23. The highest BCUT2D eigenvalue weighted by atomic mass is 16.5. The SMILES string of the molecule is COc1ccc(C(=O)N2CCC(c3[nH]ncc3C(=O)N3CC(C)OC(C)C3)CC2)cc1. The van der Waals surface area contributed by atoms with Gasteiger partial charge in [-0.2, -0.15) is 5.10 Å². The van der Waals surface area contributed by atoms with Gasteiger partial charge in [0.05, 0.1) is 36.8 Å². The van der Waals surface area contributed by atoms with Crippen LogP contribution in [-0.4, -0.2) is 77.3 Å². The minimum Gasteiger partial charge on any atom is -0.497 e. The number of aromatic amines is 1. The molecule has 8 nitrogen and oxygen atoms in total. The lowest BCUT2D eigenvalue weighted by molar-refractivity contribution is -0.0586. The number of ether oxygens (including phenoxy) is 2. The van der Waals surface area contributed by atoms with Crippen molar-refractivity contribution in [2.75, 3.05) is 33.3 Å². The highest BCUT2D eigenvalue weighted by molar-refractivity contribution is 5.96. The molecule has 0 radical (unpaired) electrons. The van der Waals surface area contributed by atoms with Crippen molar-refractivity contribution in [3.05, 3.63) is 47.3 Å². The monoisotopic (exact) mass is 426 g/mol. The topological polar surface area (TPSA) is 87.8 Å². The Labute approximate surface area is 182 Å². The highest BCUT2D eigenvalue weighted by Gasteiger charge is 2.32. The van der Waals surface area contributed by atoms with Crippen molar-refractivity contribution < 1.29 is 19.1 Å². The number of morpholine rings is 1. The molecule has 0 aliphatic carbocycles. The van der Waals surface area contributed by atoms with E-state index >= 15 is 0 Å². The summed E-state index contributed by atoms with van der Waals surface area (Å²) in [5.41, 5.74) is 2.18. The first-order valence-electron chi connectivity index (χ1n) is 10.9. The zero-order chi connectivity index (χ0) is 22.0. The van der Waals surface area contributed by atoms with Crippen LogP contribution >= 0.6 is 0 Å². The van der Waals surface area contributed by atoms with Crippen molar-refractivity contribution in [2.45, 2.75) is 44.8 Å². The van der Waals surface area contributed by atoms with E-state index in [1.807, 2.05) is 23.6 Å². The van der Waals surface area contributed by atoms with Gasteiger partial charge >= 0.3 is 0 Å². The van der Waals surface area contributed by atoms with Crippen LogP contribution < -0.4 is 4.74 Å². The molecule has 2 fully saturated rings. The van der Waals surface area contributed by atoms with E-state index < -0.39 is 0 Å². The maximum Gasteiger partial charge on any atom is 0.257 e. The van der Waals surface area contributed by atoms with Crippen LogP contribution in [-0.2, 0) is 4.74 Å². The number of H-pyrrole nitrogens is 1. The molecule has 2 unspecified atom stereocenters. The average molecular weight is 427 g/mol. The second-order valence-electron chi connectivity index (χ2n) is 8.46. The van der Waals surface area contributed by atoms with Gasteiger partial charge in [-0.25, -0.2) is 0 Å². The van der Waals surface area contributed by atoms with Gasteiger partial charge in [-0.3, -0.25) is 14.7 Å². The Morgan fingerprint density at radius 2 is 1.68 bits per heavy atom. The van der Waals surface area contributed by atoms with Crippen molar-refractivity contribution in [3.8, 4) is 5.75 Å². The first kappa shape index (κ1) is 21.4. The second kappa shape index (κ2) is 9.09. The Morgan fingerprint density at radius 3 is 2.29 bits per heavy atom. The molecule has 0 saturated carbocycles. The summed E-state index contributed by atoms with van der Waals surface area (Å²) in [5.74, 6) is 0.939. The van der Waals surface area contributed by atoms with Crippen LogP contribution in [0.4, 0.5) is 0 Å². The minimum absolute atomic E-state index is 0.00230. The molecule has 2 aliphatic rings. The van der Waals surface area contributed by atoms with E-state index in [-0.39, 0.29) is 29.9 Å². The Balaban J connectivity index is 1.40. The summed E-state index contributed by atoms with van der Waals surface area (Å²) in [6.45, 7) is 6.44. The molecular weight excluding hydrogens is 396 g/mol. The third-order valence-corrected chi connectivity index (χ3v) is 6.13. The van der Waals surface area contributed by atoms with Gasteiger partial charge < -0.3 is 19.3 Å². The number of likely N-dealkylation sites (tertiary alicyclic amines) is 1. The van der Waals surface area contributed by atoms with Crippen LogP contribution in [0.1, 0.15) is 59.0 Å². The number of methoxy groups -OCH3 is 1. The van der Waals surface area contributed by atoms with Gasteiger partial charge in [0.15, 0.2) is 0 Å². The van der Waals surface area contributed by atoms with Crippen LogP contribution in [0.2, 0.25) is 0 Å². The number of hydrogen-bond donors (Lipinski definition) is 1. The molecular formula is C23H30N4O4. The van der Waals surface area contributed by atoms with Crippen LogP contribution in [0, 0.1) is 0 Å². The van der Waals surface area contributed by atoms with Gasteiger partial charge in [-0.1, -0.05) is 0 Å². The molecule has 2 aliphatic heterocycles. The summed E-state index contributed by atoms with van der Waals surface area (Å²) in [6.07, 6.45) is 3.27. The largest absolute Gasteiger partial charge is 0.497 e. The molecule has 8 heteroatoms. The van der Waals surface area contributed by atoms with E-state index in [2.05, 4.69) is 10.2 Å². The molecule has 2 aromatic rings. The van der Waals surface area contributed by atoms with Gasteiger partial charge in [0.25, 0.3) is 11.8 Å². The predicted octanol–water partition coefficient (Wildman–Crippen LogP) is 2.69. The van der Waals surface area contributed by atoms with Crippen molar-refractivity contribution in [1.29, 1.82) is 0 Å². The van der Waals surface area contributed by atoms with E-state index in [4.69, 9.17) is 9.47 Å². The van der Waals surface area contributed by atoms with E-state index in [1.165, 1.54) is 0 Å². The van der Waals surface area contributed by atoms with Crippen molar-refractivity contribution in [3.63, 3.8) is 0 Å². The zero-order valence-corrected chi connectivity index (χ0v) is 18.3. The zero-order valence-electron chi connectivity index (χ0n) is 18.3. The normalized spacial score (nSPS) is 22.4. The number of piperidine rings is 1. The van der Waals surface area contributed by atoms with E-state index in [9.17, 15) is 9.59 Å². The number of rotatable bonds is 4. The molecule has 166 valence electrons. The Bertz CT molecular complexity index is 908. The van der Waals surface area contributed by atoms with E-state index in [0.717, 1.165) is 24.3 Å². The summed E-state index contributed by atoms with van der Waals surface area (Å²) in [6, 6.07) is 7.19. The van der Waals surface area contributed by atoms with Crippen LogP contribution in [0.15, 0.2) is 30.5 Å². The third kappa shape index (κ3) is 4.58. The molecule has 4 rings (SSSR count). The molecule has 31 heavy (non-hydrogen) atoms. The fourth-order valence-corrected chi connectivity index (χ4v) is 4.58. The maximum atomic E-state index is 13.2. The Hall–Kier alpha value is -2.87. The first-order valence-corrected chi connectivity index (χ1v) is 10.9. The maximum absolute atomic E-state index is 13.2. The van der Waals surface area contributed by atoms with Crippen LogP contribution in [0.25, 0.3) is 0 Å². The molecule has 2 saturated heterocycles. The molecule has 1 aromatic carbocycles. The van der Waals surface area contributed by atoms with Gasteiger partial charge in [-0.15, -0.1) is 0 Å². The smallest absolute Gasteiger partial charge is 0.257 e. The molecule has 0 bridgehead atoms. The number of amides is 2. The number of aromatic nitrogens is 2. The van der Waals surface area contributed by atoms with E-state index in [0.29, 0.717) is 37.3 Å². The number of carbonyl (C=O) groups excluding carboxylic acids is 2. The fourth-order valence-electron chi connectivity index (χ4n) is 4.58. The average Bonchev–Trinajstić information content (AvgIpc) is 3.27. The molecule has 2 atom stereocenters. The standard InChI is InChI=1S/C23H30N4O4/c1-15-13-27(14-16(2)31-15)23(29)20-12-24-25-21(20)17-8-10-26(11-9-17)22(28)18-4-6-19(30-3)7-5-18/h4-7,12,15-17H,8-11,13-14H2,1-3H3,(H,24,25). The number of hydrogen-bond acceptors (Lipinski definition) is 5. The Kier molecular flexibility index (Phi) is 6.27. The molecule has 1 N–H and O–H groups in total. The number of nitrogens with zero attached hydrogens (tertiary/aromatic N) is 3. The lowest BCUT2D eigenvalue weighted by Gasteiger charge is -2.36. The number of benzene rings is 1. The van der Waals surface area contributed by atoms with Gasteiger partial charge in [0.1, 0.15) is 5.75 Å². The summed E-state index contributed by atoms with van der Waals surface area (Å²) >= 11 is 0. The summed E-state index contributed by atoms with van der Waals surface area (Å²) < 4.78 is 10.9. The van der Waals surface area contributed by atoms with Gasteiger partial charge in [-0.05, 0) is 51.0 Å². The molecule has 3 heterocycles. The van der Waals surface area contributed by atoms with Crippen molar-refractivity contribution in [1.82, 2.24) is 20.0 Å². The summed E-state index contributed by atoms with van der Waals surface area (Å²) in [7, 11) is 1.61. The molecule has 0 spiro atoms. The second-order valence-corrected chi connectivity index (χ2v) is 8.46. The Morgan fingerprint density at radius 1 is 1.03 bits per heavy atom. The molecule has 2 amide bonds. The fraction of sp³-hybridized carbons (Fsp3) is 0.522. The predicted molar refractivity (Wildman–Crippen MR) is 115 cm³/mol. The quantitative estimate of drug-likeness (QED) is 0.812. The lowest BCUT2D eigenvalue weighted by atomic mass is 9.90. The van der Waals surface area contributed by atoms with Crippen LogP contribution in [0.3, 0.4) is 0 Å². The first-order chi connectivity index (χ1) is 15.0. The minimum atomic E-state index is 0.00230. The van der Waals surface area contributed by atoms with Crippen LogP contribution in [0.5, 0.6) is 5.75 Å². The highest BCUT2D eigenvalue weighted by Crippen LogP contribution is 2.30. The third-order valence-electron chi connectivity index (χ3n) is 6.13. The number of nitrogens with one attached hydrogen (secondary N) is 1. The number of carbonyl (C=O) groups is 2. The molecule has 1 aromatic heterocycles. The van der Waals surface area contributed by atoms with Crippen molar-refractivity contribution in [2.24, 2.45) is 0 Å². The summed E-state index contributed by atoms with van der Waals surface area (Å²) in [4.78, 5) is 29.7. The lowest BCUT2D eigenvalue weighted by Crippen LogP contribution is -2.48. The van der Waals surface area contributed by atoms with Gasteiger partial charge in [0.2, 0.25) is 0 Å². The van der Waals surface area contributed by atoms with E-state index in [1.54, 1.807) is 37.6 Å². The van der Waals surface area contributed by atoms with Crippen molar-refractivity contribution >= 4 is 11.8 Å². The van der Waals surface area contributed by atoms with Gasteiger partial charge in [0, 0.05) is 37.7 Å².